The molecule has 0 fully saturated rings. The van der Waals surface area contributed by atoms with Crippen LogP contribution in [0.3, 0.4) is 0 Å². The molecule has 78 valence electrons. The maximum Gasteiger partial charge on any atom is 0.0931 e. The van der Waals surface area contributed by atoms with Gasteiger partial charge in [-0.1, -0.05) is 30.3 Å². The molecule has 15 heavy (non-hydrogen) atoms. The minimum atomic E-state index is 0.572. The maximum atomic E-state index is 5.73. The molecule has 2 rings (SSSR count). The van der Waals surface area contributed by atoms with Gasteiger partial charge in [0.1, 0.15) is 0 Å². The van der Waals surface area contributed by atoms with Crippen LogP contribution in [0.5, 0.6) is 0 Å². The van der Waals surface area contributed by atoms with Crippen molar-refractivity contribution in [1.29, 1.82) is 0 Å². The first kappa shape index (κ1) is 10.7. The highest BCUT2D eigenvalue weighted by atomic mass is 35.5. The Bertz CT molecular complexity index is 411. The largest absolute Gasteiger partial charge is 0.249 e. The van der Waals surface area contributed by atoms with Crippen LogP contribution in [0.25, 0.3) is 0 Å². The summed E-state index contributed by atoms with van der Waals surface area (Å²) in [5, 5.41) is 1.18. The lowest BCUT2D eigenvalue weighted by Gasteiger charge is -1.97. The Morgan fingerprint density at radius 2 is 1.93 bits per heavy atom. The van der Waals surface area contributed by atoms with Gasteiger partial charge in [0.2, 0.25) is 0 Å². The number of thiazole rings is 1. The van der Waals surface area contributed by atoms with E-state index in [2.05, 4.69) is 29.2 Å². The van der Waals surface area contributed by atoms with Crippen LogP contribution in [0.15, 0.2) is 36.5 Å². The molecule has 0 spiro atoms. The van der Waals surface area contributed by atoms with Gasteiger partial charge >= 0.3 is 0 Å². The van der Waals surface area contributed by atoms with Crippen LogP contribution in [-0.4, -0.2) is 4.98 Å². The topological polar surface area (TPSA) is 12.9 Å². The van der Waals surface area contributed by atoms with Gasteiger partial charge in [-0.15, -0.1) is 22.9 Å². The Morgan fingerprint density at radius 1 is 1.13 bits per heavy atom. The number of benzene rings is 1. The third-order valence-electron chi connectivity index (χ3n) is 2.20. The summed E-state index contributed by atoms with van der Waals surface area (Å²) in [5.74, 6) is 0.572. The van der Waals surface area contributed by atoms with Crippen molar-refractivity contribution < 1.29 is 0 Å². The molecule has 3 heteroatoms. The van der Waals surface area contributed by atoms with E-state index in [9.17, 15) is 0 Å². The summed E-state index contributed by atoms with van der Waals surface area (Å²) in [6.07, 6.45) is 3.93. The van der Waals surface area contributed by atoms with Crippen molar-refractivity contribution in [3.05, 3.63) is 52.0 Å². The summed E-state index contributed by atoms with van der Waals surface area (Å²) in [6, 6.07) is 10.5. The second-order valence-corrected chi connectivity index (χ2v) is 4.81. The fraction of sp³-hybridized carbons (Fsp3) is 0.250. The first-order valence-electron chi connectivity index (χ1n) is 4.92. The molecule has 0 aliphatic heterocycles. The maximum absolute atomic E-state index is 5.73. The summed E-state index contributed by atoms with van der Waals surface area (Å²) < 4.78 is 0. The average Bonchev–Trinajstić information content (AvgIpc) is 2.76. The Hall–Kier alpha value is -0.860. The van der Waals surface area contributed by atoms with E-state index in [-0.39, 0.29) is 0 Å². The highest BCUT2D eigenvalue weighted by Crippen LogP contribution is 2.16. The van der Waals surface area contributed by atoms with E-state index in [4.69, 9.17) is 11.6 Å². The summed E-state index contributed by atoms with van der Waals surface area (Å²) in [4.78, 5) is 5.49. The van der Waals surface area contributed by atoms with E-state index in [1.165, 1.54) is 10.6 Å². The number of hydrogen-bond acceptors (Lipinski definition) is 2. The van der Waals surface area contributed by atoms with Crippen molar-refractivity contribution >= 4 is 22.9 Å². The zero-order valence-electron chi connectivity index (χ0n) is 8.32. The standard InChI is InChI=1S/C12H12ClNS/c13-8-11-9-14-12(15-11)7-6-10-4-2-1-3-5-10/h1-5,9H,6-8H2. The quantitative estimate of drug-likeness (QED) is 0.740. The molecule has 0 atom stereocenters. The third-order valence-corrected chi connectivity index (χ3v) is 3.71. The van der Waals surface area contributed by atoms with Crippen molar-refractivity contribution in [3.8, 4) is 0 Å². The number of alkyl halides is 1. The van der Waals surface area contributed by atoms with Gasteiger partial charge in [-0.25, -0.2) is 4.98 Å². The fourth-order valence-electron chi connectivity index (χ4n) is 1.42. The second-order valence-electron chi connectivity index (χ2n) is 3.34. The van der Waals surface area contributed by atoms with E-state index in [0.717, 1.165) is 17.7 Å². The minimum absolute atomic E-state index is 0.572. The molecule has 1 nitrogen and oxygen atoms in total. The molecule has 0 bridgehead atoms. The van der Waals surface area contributed by atoms with Gasteiger partial charge in [-0.2, -0.15) is 0 Å². The molecule has 0 aliphatic carbocycles. The molecular formula is C12H12ClNS. The average molecular weight is 238 g/mol. The molecule has 0 aliphatic rings. The predicted octanol–water partition coefficient (Wildman–Crippen LogP) is 3.67. The Balaban J connectivity index is 1.93. The lowest BCUT2D eigenvalue weighted by molar-refractivity contribution is 0.944. The number of aryl methyl sites for hydroxylation is 2. The highest BCUT2D eigenvalue weighted by Gasteiger charge is 2.01. The SMILES string of the molecule is ClCc1cnc(CCc2ccccc2)s1. The molecule has 0 saturated heterocycles. The van der Waals surface area contributed by atoms with Crippen LogP contribution < -0.4 is 0 Å². The van der Waals surface area contributed by atoms with Crippen molar-refractivity contribution in [2.75, 3.05) is 0 Å². The second kappa shape index (κ2) is 5.29. The molecule has 1 aromatic carbocycles. The first-order valence-corrected chi connectivity index (χ1v) is 6.27. The van der Waals surface area contributed by atoms with Gasteiger partial charge < -0.3 is 0 Å². The molecule has 0 saturated carbocycles. The lowest BCUT2D eigenvalue weighted by atomic mass is 10.1. The molecule has 1 heterocycles. The zero-order valence-corrected chi connectivity index (χ0v) is 9.89. The monoisotopic (exact) mass is 237 g/mol. The van der Waals surface area contributed by atoms with Gasteiger partial charge in [-0.05, 0) is 12.0 Å². The van der Waals surface area contributed by atoms with Crippen molar-refractivity contribution in [1.82, 2.24) is 4.98 Å². The minimum Gasteiger partial charge on any atom is -0.249 e. The Labute approximate surface area is 98.7 Å². The lowest BCUT2D eigenvalue weighted by Crippen LogP contribution is -1.89. The molecule has 1 aromatic heterocycles. The van der Waals surface area contributed by atoms with Crippen LogP contribution >= 0.6 is 22.9 Å². The zero-order chi connectivity index (χ0) is 10.5. The van der Waals surface area contributed by atoms with Crippen molar-refractivity contribution in [2.45, 2.75) is 18.7 Å². The normalized spacial score (nSPS) is 10.5. The smallest absolute Gasteiger partial charge is 0.0931 e. The summed E-state index contributed by atoms with van der Waals surface area (Å²) in [5.41, 5.74) is 1.36. The number of hydrogen-bond donors (Lipinski definition) is 0. The van der Waals surface area contributed by atoms with Crippen molar-refractivity contribution in [3.63, 3.8) is 0 Å². The van der Waals surface area contributed by atoms with Crippen LogP contribution in [0.1, 0.15) is 15.4 Å². The van der Waals surface area contributed by atoms with Crippen LogP contribution in [-0.2, 0) is 18.7 Å². The summed E-state index contributed by atoms with van der Waals surface area (Å²) in [7, 11) is 0. The number of halogens is 1. The summed E-state index contributed by atoms with van der Waals surface area (Å²) >= 11 is 7.44. The molecular weight excluding hydrogens is 226 g/mol. The van der Waals surface area contributed by atoms with Gasteiger partial charge in [-0.3, -0.25) is 0 Å². The van der Waals surface area contributed by atoms with E-state index in [1.807, 2.05) is 12.3 Å². The predicted molar refractivity (Wildman–Crippen MR) is 65.5 cm³/mol. The van der Waals surface area contributed by atoms with Gasteiger partial charge in [0.15, 0.2) is 0 Å². The number of rotatable bonds is 4. The molecule has 0 radical (unpaired) electrons. The van der Waals surface area contributed by atoms with Gasteiger partial charge in [0.25, 0.3) is 0 Å². The van der Waals surface area contributed by atoms with E-state index in [0.29, 0.717) is 5.88 Å². The highest BCUT2D eigenvalue weighted by molar-refractivity contribution is 7.11. The molecule has 2 aromatic rings. The van der Waals surface area contributed by atoms with Crippen molar-refractivity contribution in [2.24, 2.45) is 0 Å². The first-order chi connectivity index (χ1) is 7.38. The summed E-state index contributed by atoms with van der Waals surface area (Å²) in [6.45, 7) is 0. The van der Waals surface area contributed by atoms with Crippen LogP contribution in [0, 0.1) is 0 Å². The fourth-order valence-corrected chi connectivity index (χ4v) is 2.43. The van der Waals surface area contributed by atoms with E-state index >= 15 is 0 Å². The molecule has 0 unspecified atom stereocenters. The number of aromatic nitrogens is 1. The third kappa shape index (κ3) is 3.05. The Morgan fingerprint density at radius 3 is 2.60 bits per heavy atom. The Kier molecular flexibility index (Phi) is 3.75. The molecule has 0 amide bonds. The van der Waals surface area contributed by atoms with Crippen LogP contribution in [0.2, 0.25) is 0 Å². The van der Waals surface area contributed by atoms with Gasteiger partial charge in [0, 0.05) is 17.5 Å². The van der Waals surface area contributed by atoms with Crippen LogP contribution in [0.4, 0.5) is 0 Å². The van der Waals surface area contributed by atoms with Gasteiger partial charge in [0.05, 0.1) is 10.9 Å². The molecule has 0 N–H and O–H groups in total. The van der Waals surface area contributed by atoms with E-state index in [1.54, 1.807) is 11.3 Å². The van der Waals surface area contributed by atoms with E-state index < -0.39 is 0 Å². The number of nitrogens with zero attached hydrogens (tertiary/aromatic N) is 1.